The molecule has 2 aromatic carbocycles. The first kappa shape index (κ1) is 16.9. The predicted molar refractivity (Wildman–Crippen MR) is 97.1 cm³/mol. The zero-order chi connectivity index (χ0) is 19.0. The first-order chi connectivity index (χ1) is 13.1. The summed E-state index contributed by atoms with van der Waals surface area (Å²) in [7, 11) is 4.83. The Morgan fingerprint density at radius 1 is 1.07 bits per heavy atom. The largest absolute Gasteiger partial charge is 0.493 e. The van der Waals surface area contributed by atoms with Crippen molar-refractivity contribution in [1.29, 1.82) is 0 Å². The molecule has 0 saturated carbocycles. The molecule has 4 rings (SSSR count). The second kappa shape index (κ2) is 6.64. The van der Waals surface area contributed by atoms with Crippen LogP contribution in [0.2, 0.25) is 0 Å². The lowest BCUT2D eigenvalue weighted by molar-refractivity contribution is 0.354. The molecule has 8 heteroatoms. The predicted octanol–water partition coefficient (Wildman–Crippen LogP) is 2.79. The van der Waals surface area contributed by atoms with Crippen LogP contribution in [0.15, 0.2) is 50.1 Å². The first-order valence-corrected chi connectivity index (χ1v) is 8.22. The number of aryl methyl sites for hydroxylation is 1. The van der Waals surface area contributed by atoms with Gasteiger partial charge in [0.25, 0.3) is 0 Å². The Morgan fingerprint density at radius 3 is 2.67 bits per heavy atom. The van der Waals surface area contributed by atoms with Crippen molar-refractivity contribution in [3.63, 3.8) is 0 Å². The summed E-state index contributed by atoms with van der Waals surface area (Å²) in [6.45, 7) is 0. The number of methoxy groups -OCH3 is 2. The Labute approximate surface area is 153 Å². The molecule has 0 unspecified atom stereocenters. The highest BCUT2D eigenvalue weighted by atomic mass is 16.5. The van der Waals surface area contributed by atoms with Gasteiger partial charge in [-0.2, -0.15) is 4.98 Å². The maximum atomic E-state index is 11.6. The highest BCUT2D eigenvalue weighted by Gasteiger charge is 2.13. The van der Waals surface area contributed by atoms with Gasteiger partial charge in [0.15, 0.2) is 17.1 Å². The van der Waals surface area contributed by atoms with Crippen molar-refractivity contribution < 1.29 is 18.4 Å². The third-order valence-corrected chi connectivity index (χ3v) is 4.32. The summed E-state index contributed by atoms with van der Waals surface area (Å²) in [5, 5.41) is 4.03. The number of aromatic nitrogens is 3. The smallest absolute Gasteiger partial charge is 0.419 e. The molecule has 0 atom stereocenters. The molecule has 0 bridgehead atoms. The van der Waals surface area contributed by atoms with Crippen LogP contribution in [0.1, 0.15) is 11.5 Å². The summed E-state index contributed by atoms with van der Waals surface area (Å²) in [5.41, 5.74) is 2.84. The lowest BCUT2D eigenvalue weighted by Gasteiger charge is -2.08. The maximum Gasteiger partial charge on any atom is 0.419 e. The number of hydrogen-bond acceptors (Lipinski definition) is 7. The van der Waals surface area contributed by atoms with Crippen LogP contribution < -0.4 is 15.2 Å². The minimum atomic E-state index is -0.413. The monoisotopic (exact) mass is 367 g/mol. The van der Waals surface area contributed by atoms with E-state index >= 15 is 0 Å². The van der Waals surface area contributed by atoms with Gasteiger partial charge in [0.1, 0.15) is 0 Å². The van der Waals surface area contributed by atoms with Gasteiger partial charge in [-0.1, -0.05) is 11.2 Å². The van der Waals surface area contributed by atoms with Crippen LogP contribution in [0.5, 0.6) is 11.5 Å². The first-order valence-electron chi connectivity index (χ1n) is 8.22. The van der Waals surface area contributed by atoms with E-state index in [0.717, 1.165) is 5.56 Å². The van der Waals surface area contributed by atoms with Crippen LogP contribution in [0.25, 0.3) is 22.5 Å². The van der Waals surface area contributed by atoms with Crippen molar-refractivity contribution in [3.8, 4) is 22.9 Å². The molecule has 0 aliphatic carbocycles. The van der Waals surface area contributed by atoms with E-state index in [9.17, 15) is 4.79 Å². The number of hydrogen-bond donors (Lipinski definition) is 0. The van der Waals surface area contributed by atoms with Gasteiger partial charge >= 0.3 is 5.76 Å². The third-order valence-electron chi connectivity index (χ3n) is 4.32. The van der Waals surface area contributed by atoms with Crippen LogP contribution in [0.3, 0.4) is 0 Å². The fraction of sp³-hybridized carbons (Fsp3) is 0.211. The molecular formula is C19H17N3O5. The van der Waals surface area contributed by atoms with Crippen molar-refractivity contribution in [2.24, 2.45) is 7.05 Å². The number of oxazole rings is 1. The summed E-state index contributed by atoms with van der Waals surface area (Å²) in [6.07, 6.45) is 0.454. The Morgan fingerprint density at radius 2 is 1.89 bits per heavy atom. The van der Waals surface area contributed by atoms with E-state index in [1.807, 2.05) is 24.3 Å². The molecular weight excluding hydrogens is 350 g/mol. The van der Waals surface area contributed by atoms with Crippen molar-refractivity contribution in [2.75, 3.05) is 14.2 Å². The molecule has 0 aliphatic heterocycles. The van der Waals surface area contributed by atoms with Crippen molar-refractivity contribution in [3.05, 3.63) is 58.4 Å². The summed E-state index contributed by atoms with van der Waals surface area (Å²) < 4.78 is 22.6. The van der Waals surface area contributed by atoms with Gasteiger partial charge in [0.05, 0.1) is 26.2 Å². The van der Waals surface area contributed by atoms with Crippen LogP contribution in [-0.4, -0.2) is 28.9 Å². The molecule has 0 saturated heterocycles. The van der Waals surface area contributed by atoms with Crippen molar-refractivity contribution in [2.45, 2.75) is 6.42 Å². The van der Waals surface area contributed by atoms with E-state index in [0.29, 0.717) is 46.3 Å². The SMILES string of the molecule is COc1ccc(Cc2nc(-c3ccc4c(c3)oc(=O)n4C)no2)cc1OC. The van der Waals surface area contributed by atoms with Gasteiger partial charge in [0, 0.05) is 12.6 Å². The molecule has 2 heterocycles. The Hall–Kier alpha value is -3.55. The summed E-state index contributed by atoms with van der Waals surface area (Å²) >= 11 is 0. The lowest BCUT2D eigenvalue weighted by atomic mass is 10.1. The molecule has 0 spiro atoms. The van der Waals surface area contributed by atoms with E-state index in [-0.39, 0.29) is 0 Å². The second-order valence-corrected chi connectivity index (χ2v) is 5.99. The molecule has 0 amide bonds. The third kappa shape index (κ3) is 3.05. The molecule has 138 valence electrons. The molecule has 8 nitrogen and oxygen atoms in total. The fourth-order valence-electron chi connectivity index (χ4n) is 2.88. The van der Waals surface area contributed by atoms with E-state index in [1.165, 1.54) is 4.57 Å². The molecule has 27 heavy (non-hydrogen) atoms. The van der Waals surface area contributed by atoms with Gasteiger partial charge in [-0.05, 0) is 35.9 Å². The quantitative estimate of drug-likeness (QED) is 0.535. The van der Waals surface area contributed by atoms with Crippen LogP contribution >= 0.6 is 0 Å². The Kier molecular flexibility index (Phi) is 4.15. The molecule has 4 aromatic rings. The highest BCUT2D eigenvalue weighted by Crippen LogP contribution is 2.28. The van der Waals surface area contributed by atoms with Crippen LogP contribution in [0.4, 0.5) is 0 Å². The van der Waals surface area contributed by atoms with E-state index in [2.05, 4.69) is 10.1 Å². The van der Waals surface area contributed by atoms with Gasteiger partial charge in [-0.3, -0.25) is 4.57 Å². The zero-order valence-electron chi connectivity index (χ0n) is 15.1. The molecule has 2 aromatic heterocycles. The van der Waals surface area contributed by atoms with Gasteiger partial charge in [0.2, 0.25) is 11.7 Å². The highest BCUT2D eigenvalue weighted by molar-refractivity contribution is 5.78. The average Bonchev–Trinajstić information content (AvgIpc) is 3.26. The van der Waals surface area contributed by atoms with Gasteiger partial charge < -0.3 is 18.4 Å². The lowest BCUT2D eigenvalue weighted by Crippen LogP contribution is -2.08. The van der Waals surface area contributed by atoms with Gasteiger partial charge in [-0.25, -0.2) is 4.79 Å². The van der Waals surface area contributed by atoms with E-state index in [1.54, 1.807) is 33.4 Å². The number of nitrogens with zero attached hydrogens (tertiary/aromatic N) is 3. The van der Waals surface area contributed by atoms with Crippen molar-refractivity contribution in [1.82, 2.24) is 14.7 Å². The molecule has 0 radical (unpaired) electrons. The molecule has 0 N–H and O–H groups in total. The molecule has 0 aliphatic rings. The van der Waals surface area contributed by atoms with Crippen LogP contribution in [-0.2, 0) is 13.5 Å². The number of benzene rings is 2. The summed E-state index contributed by atoms with van der Waals surface area (Å²) in [5.74, 6) is 1.78. The maximum absolute atomic E-state index is 11.6. The topological polar surface area (TPSA) is 92.5 Å². The van der Waals surface area contributed by atoms with Gasteiger partial charge in [-0.15, -0.1) is 0 Å². The summed E-state index contributed by atoms with van der Waals surface area (Å²) in [4.78, 5) is 16.1. The Bertz CT molecular complexity index is 1170. The van der Waals surface area contributed by atoms with Crippen molar-refractivity contribution >= 4 is 11.1 Å². The average molecular weight is 367 g/mol. The number of rotatable bonds is 5. The molecule has 0 fully saturated rings. The zero-order valence-corrected chi connectivity index (χ0v) is 15.1. The standard InChI is InChI=1S/C19H17N3O5/c1-22-13-6-5-12(10-15(13)26-19(22)23)18-20-17(27-21-18)9-11-4-7-14(24-2)16(8-11)25-3/h4-8,10H,9H2,1-3H3. The summed E-state index contributed by atoms with van der Waals surface area (Å²) in [6, 6.07) is 10.9. The number of fused-ring (bicyclic) bond motifs is 1. The minimum absolute atomic E-state index is 0.413. The fourth-order valence-corrected chi connectivity index (χ4v) is 2.88. The van der Waals surface area contributed by atoms with E-state index in [4.69, 9.17) is 18.4 Å². The Balaban J connectivity index is 1.61. The van der Waals surface area contributed by atoms with Crippen LogP contribution in [0, 0.1) is 0 Å². The normalized spacial score (nSPS) is 11.1. The number of ether oxygens (including phenoxy) is 2. The van der Waals surface area contributed by atoms with E-state index < -0.39 is 5.76 Å². The second-order valence-electron chi connectivity index (χ2n) is 5.99. The minimum Gasteiger partial charge on any atom is -0.493 e.